The van der Waals surface area contributed by atoms with Crippen molar-refractivity contribution in [1.29, 1.82) is 0 Å². The van der Waals surface area contributed by atoms with Crippen LogP contribution in [0.1, 0.15) is 33.2 Å². The van der Waals surface area contributed by atoms with Gasteiger partial charge < -0.3 is 10.5 Å². The van der Waals surface area contributed by atoms with Crippen LogP contribution in [0.25, 0.3) is 0 Å². The van der Waals surface area contributed by atoms with Crippen molar-refractivity contribution in [2.75, 3.05) is 12.3 Å². The summed E-state index contributed by atoms with van der Waals surface area (Å²) >= 11 is 3.35. The first-order valence-electron chi connectivity index (χ1n) is 6.85. The van der Waals surface area contributed by atoms with E-state index >= 15 is 0 Å². The highest BCUT2D eigenvalue weighted by Gasteiger charge is 2.15. The molecule has 0 amide bonds. The molecule has 0 radical (unpaired) electrons. The zero-order valence-electron chi connectivity index (χ0n) is 12.1. The molecule has 2 aromatic rings. The van der Waals surface area contributed by atoms with Crippen LogP contribution in [-0.2, 0) is 11.2 Å². The predicted octanol–water partition coefficient (Wildman–Crippen LogP) is 3.63. The fourth-order valence-corrected chi connectivity index (χ4v) is 2.29. The van der Waals surface area contributed by atoms with Crippen LogP contribution in [0.3, 0.4) is 0 Å². The van der Waals surface area contributed by atoms with Crippen molar-refractivity contribution < 1.29 is 14.3 Å². The number of hydrogen-bond donors (Lipinski definition) is 1. The maximum atomic E-state index is 12.4. The Labute approximate surface area is 137 Å². The van der Waals surface area contributed by atoms with Crippen LogP contribution in [0, 0.1) is 0 Å². The summed E-state index contributed by atoms with van der Waals surface area (Å²) in [6.07, 6.45) is 0.226. The molecule has 2 rings (SSSR count). The minimum Gasteiger partial charge on any atom is -0.462 e. The Kier molecular flexibility index (Phi) is 5.33. The van der Waals surface area contributed by atoms with Crippen LogP contribution in [0.15, 0.2) is 46.9 Å². The molecule has 0 heterocycles. The molecule has 0 spiro atoms. The highest BCUT2D eigenvalue weighted by Crippen LogP contribution is 2.19. The fourth-order valence-electron chi connectivity index (χ4n) is 2.02. The molecule has 0 aliphatic carbocycles. The molecule has 2 aromatic carbocycles. The lowest BCUT2D eigenvalue weighted by atomic mass is 9.99. The van der Waals surface area contributed by atoms with Gasteiger partial charge in [0.15, 0.2) is 5.78 Å². The maximum absolute atomic E-state index is 12.4. The minimum absolute atomic E-state index is 0.133. The van der Waals surface area contributed by atoms with Crippen molar-refractivity contribution in [3.05, 3.63) is 63.6 Å². The minimum atomic E-state index is -0.458. The van der Waals surface area contributed by atoms with E-state index < -0.39 is 5.97 Å². The Bertz CT molecular complexity index is 696. The highest BCUT2D eigenvalue weighted by molar-refractivity contribution is 9.10. The molecule has 2 N–H and O–H groups in total. The van der Waals surface area contributed by atoms with Gasteiger partial charge in [0.05, 0.1) is 12.2 Å². The Morgan fingerprint density at radius 3 is 2.45 bits per heavy atom. The monoisotopic (exact) mass is 361 g/mol. The van der Waals surface area contributed by atoms with Crippen molar-refractivity contribution in [2.24, 2.45) is 0 Å². The lowest BCUT2D eigenvalue weighted by molar-refractivity contribution is 0.0526. The van der Waals surface area contributed by atoms with Crippen molar-refractivity contribution in [2.45, 2.75) is 13.3 Å². The van der Waals surface area contributed by atoms with E-state index in [-0.39, 0.29) is 18.8 Å². The van der Waals surface area contributed by atoms with Gasteiger partial charge in [0.25, 0.3) is 0 Å². The number of benzene rings is 2. The Morgan fingerprint density at radius 1 is 1.14 bits per heavy atom. The molecule has 22 heavy (non-hydrogen) atoms. The highest BCUT2D eigenvalue weighted by atomic mass is 79.9. The Balaban J connectivity index is 2.23. The fraction of sp³-hybridized carbons (Fsp3) is 0.176. The van der Waals surface area contributed by atoms with Crippen molar-refractivity contribution in [3.63, 3.8) is 0 Å². The second kappa shape index (κ2) is 7.22. The number of hydrogen-bond acceptors (Lipinski definition) is 4. The molecule has 114 valence electrons. The summed E-state index contributed by atoms with van der Waals surface area (Å²) in [4.78, 5) is 24.2. The maximum Gasteiger partial charge on any atom is 0.338 e. The van der Waals surface area contributed by atoms with Gasteiger partial charge in [-0.3, -0.25) is 4.79 Å². The normalized spacial score (nSPS) is 10.3. The first kappa shape index (κ1) is 16.2. The van der Waals surface area contributed by atoms with Crippen LogP contribution in [-0.4, -0.2) is 18.4 Å². The number of ether oxygens (including phenoxy) is 1. The number of anilines is 1. The number of nitrogen functional groups attached to an aromatic ring is 1. The van der Waals surface area contributed by atoms with Gasteiger partial charge in [-0.2, -0.15) is 0 Å². The molecule has 5 heteroatoms. The summed E-state index contributed by atoms with van der Waals surface area (Å²) in [7, 11) is 0. The van der Waals surface area contributed by atoms with Gasteiger partial charge in [0, 0.05) is 22.1 Å². The third-order valence-corrected chi connectivity index (χ3v) is 3.67. The number of carbonyl (C=O) groups is 2. The number of ketones is 1. The van der Waals surface area contributed by atoms with Gasteiger partial charge in [-0.1, -0.05) is 28.1 Å². The van der Waals surface area contributed by atoms with E-state index in [1.807, 2.05) is 24.3 Å². The number of halogens is 1. The molecule has 0 aromatic heterocycles. The topological polar surface area (TPSA) is 69.4 Å². The summed E-state index contributed by atoms with van der Waals surface area (Å²) in [5.74, 6) is -0.592. The number of Topliss-reactive ketones (excluding diaryl/α,β-unsaturated/α-hetero) is 1. The Morgan fingerprint density at radius 2 is 1.82 bits per heavy atom. The van der Waals surface area contributed by atoms with E-state index in [2.05, 4.69) is 15.9 Å². The molecular weight excluding hydrogens is 346 g/mol. The second-order valence-corrected chi connectivity index (χ2v) is 5.66. The molecule has 0 saturated heterocycles. The van der Waals surface area contributed by atoms with Crippen LogP contribution in [0.4, 0.5) is 5.69 Å². The molecule has 4 nitrogen and oxygen atoms in total. The van der Waals surface area contributed by atoms with E-state index in [9.17, 15) is 9.59 Å². The van der Waals surface area contributed by atoms with E-state index in [0.717, 1.165) is 10.0 Å². The smallest absolute Gasteiger partial charge is 0.338 e. The van der Waals surface area contributed by atoms with Crippen LogP contribution < -0.4 is 5.73 Å². The molecule has 0 unspecified atom stereocenters. The number of nitrogens with two attached hydrogens (primary N) is 1. The third kappa shape index (κ3) is 3.95. The largest absolute Gasteiger partial charge is 0.462 e. The van der Waals surface area contributed by atoms with E-state index in [0.29, 0.717) is 16.8 Å². The van der Waals surface area contributed by atoms with Gasteiger partial charge in [0.1, 0.15) is 0 Å². The first-order valence-corrected chi connectivity index (χ1v) is 7.65. The molecule has 0 saturated carbocycles. The Hall–Kier alpha value is -2.14. The van der Waals surface area contributed by atoms with Gasteiger partial charge in [-0.25, -0.2) is 4.79 Å². The second-order valence-electron chi connectivity index (χ2n) is 4.75. The van der Waals surface area contributed by atoms with Crippen molar-refractivity contribution >= 4 is 33.4 Å². The predicted molar refractivity (Wildman–Crippen MR) is 89.0 cm³/mol. The summed E-state index contributed by atoms with van der Waals surface area (Å²) in [6.45, 7) is 2.01. The lowest BCUT2D eigenvalue weighted by Crippen LogP contribution is -2.11. The summed E-state index contributed by atoms with van der Waals surface area (Å²) in [5.41, 5.74) is 7.77. The van der Waals surface area contributed by atoms with Crippen LogP contribution >= 0.6 is 15.9 Å². The average molecular weight is 362 g/mol. The van der Waals surface area contributed by atoms with E-state index in [4.69, 9.17) is 10.5 Å². The summed E-state index contributed by atoms with van der Waals surface area (Å²) in [5, 5.41) is 0. The van der Waals surface area contributed by atoms with Crippen LogP contribution in [0.2, 0.25) is 0 Å². The summed E-state index contributed by atoms with van der Waals surface area (Å²) < 4.78 is 5.89. The molecule has 0 aliphatic heterocycles. The van der Waals surface area contributed by atoms with E-state index in [1.165, 1.54) is 6.07 Å². The van der Waals surface area contributed by atoms with Gasteiger partial charge in [-0.15, -0.1) is 0 Å². The van der Waals surface area contributed by atoms with Crippen LogP contribution in [0.5, 0.6) is 0 Å². The van der Waals surface area contributed by atoms with Gasteiger partial charge in [0.2, 0.25) is 0 Å². The van der Waals surface area contributed by atoms with Crippen molar-refractivity contribution in [1.82, 2.24) is 0 Å². The SMILES string of the molecule is CCOC(=O)c1ccc(N)c(C(=O)Cc2ccc(Br)cc2)c1. The standard InChI is InChI=1S/C17H16BrNO3/c1-2-22-17(21)12-5-8-15(19)14(10-12)16(20)9-11-3-6-13(18)7-4-11/h3-8,10H,2,9,19H2,1H3. The molecule has 0 aliphatic rings. The van der Waals surface area contributed by atoms with E-state index in [1.54, 1.807) is 19.1 Å². The third-order valence-electron chi connectivity index (χ3n) is 3.14. The molecular formula is C17H16BrNO3. The van der Waals surface area contributed by atoms with Crippen molar-refractivity contribution in [3.8, 4) is 0 Å². The molecule has 0 bridgehead atoms. The first-order chi connectivity index (χ1) is 10.5. The summed E-state index contributed by atoms with van der Waals surface area (Å²) in [6, 6.07) is 12.1. The molecule has 0 fully saturated rings. The molecule has 0 atom stereocenters. The number of carbonyl (C=O) groups excluding carboxylic acids is 2. The zero-order valence-corrected chi connectivity index (χ0v) is 13.7. The zero-order chi connectivity index (χ0) is 16.1. The quantitative estimate of drug-likeness (QED) is 0.501. The number of esters is 1. The van der Waals surface area contributed by atoms with Gasteiger partial charge >= 0.3 is 5.97 Å². The van der Waals surface area contributed by atoms with Gasteiger partial charge in [-0.05, 0) is 42.8 Å². The lowest BCUT2D eigenvalue weighted by Gasteiger charge is -2.08. The average Bonchev–Trinajstić information content (AvgIpc) is 2.50. The number of rotatable bonds is 5.